The summed E-state index contributed by atoms with van der Waals surface area (Å²) in [5.74, 6) is 0.979. The van der Waals surface area contributed by atoms with Crippen LogP contribution in [0.15, 0.2) is 0 Å². The van der Waals surface area contributed by atoms with Gasteiger partial charge in [0.05, 0.1) is 0 Å². The number of likely N-dealkylation sites (N-methyl/N-ethyl adjacent to an activating group) is 1. The lowest BCUT2D eigenvalue weighted by molar-refractivity contribution is 0.275. The van der Waals surface area contributed by atoms with Gasteiger partial charge in [-0.3, -0.25) is 0 Å². The first-order valence-electron chi connectivity index (χ1n) is 5.09. The number of nitrogens with zero attached hydrogens (tertiary/aromatic N) is 2. The van der Waals surface area contributed by atoms with Crippen LogP contribution in [0.4, 0.5) is 0 Å². The van der Waals surface area contributed by atoms with Crippen molar-refractivity contribution < 1.29 is 0 Å². The molecule has 1 unspecified atom stereocenters. The monoisotopic (exact) mass is 170 g/mol. The van der Waals surface area contributed by atoms with E-state index < -0.39 is 0 Å². The molecule has 2 heteroatoms. The first kappa shape index (κ1) is 10.0. The molecule has 0 amide bonds. The van der Waals surface area contributed by atoms with Gasteiger partial charge in [0, 0.05) is 19.6 Å². The summed E-state index contributed by atoms with van der Waals surface area (Å²) in [6.45, 7) is 7.43. The van der Waals surface area contributed by atoms with E-state index in [-0.39, 0.29) is 0 Å². The van der Waals surface area contributed by atoms with E-state index in [1.807, 2.05) is 0 Å². The van der Waals surface area contributed by atoms with Gasteiger partial charge in [-0.2, -0.15) is 0 Å². The normalized spacial score (nSPS) is 25.5. The summed E-state index contributed by atoms with van der Waals surface area (Å²) in [6.07, 6.45) is 2.78. The Kier molecular flexibility index (Phi) is 4.02. The molecular weight excluding hydrogens is 148 g/mol. The molecule has 1 heterocycles. The Balaban J connectivity index is 2.11. The zero-order valence-corrected chi connectivity index (χ0v) is 8.71. The standard InChI is InChI=1S/C10H22N2/c1-4-10-5-6-12(9-10)8-7-11(2)3/h10H,4-9H2,1-3H3. The predicted molar refractivity (Wildman–Crippen MR) is 53.4 cm³/mol. The van der Waals surface area contributed by atoms with Crippen molar-refractivity contribution in [3.05, 3.63) is 0 Å². The van der Waals surface area contributed by atoms with Gasteiger partial charge in [-0.15, -0.1) is 0 Å². The fraction of sp³-hybridized carbons (Fsp3) is 1.00. The fourth-order valence-electron chi connectivity index (χ4n) is 1.79. The van der Waals surface area contributed by atoms with Gasteiger partial charge in [0.15, 0.2) is 0 Å². The van der Waals surface area contributed by atoms with Gasteiger partial charge in [0.2, 0.25) is 0 Å². The molecule has 0 aromatic heterocycles. The Morgan fingerprint density at radius 2 is 2.17 bits per heavy atom. The summed E-state index contributed by atoms with van der Waals surface area (Å²) in [5, 5.41) is 0. The largest absolute Gasteiger partial charge is 0.308 e. The summed E-state index contributed by atoms with van der Waals surface area (Å²) in [7, 11) is 4.29. The molecule has 1 rings (SSSR count). The van der Waals surface area contributed by atoms with Gasteiger partial charge >= 0.3 is 0 Å². The maximum atomic E-state index is 2.59. The Morgan fingerprint density at radius 3 is 2.67 bits per heavy atom. The molecule has 0 radical (unpaired) electrons. The number of hydrogen-bond acceptors (Lipinski definition) is 2. The number of rotatable bonds is 4. The van der Waals surface area contributed by atoms with Gasteiger partial charge in [-0.25, -0.2) is 0 Å². The second-order valence-electron chi connectivity index (χ2n) is 4.17. The number of likely N-dealkylation sites (tertiary alicyclic amines) is 1. The highest BCUT2D eigenvalue weighted by Gasteiger charge is 2.19. The molecule has 2 nitrogen and oxygen atoms in total. The summed E-state index contributed by atoms with van der Waals surface area (Å²) in [6, 6.07) is 0. The van der Waals surface area contributed by atoms with Crippen LogP contribution in [-0.2, 0) is 0 Å². The average Bonchev–Trinajstić information content (AvgIpc) is 2.48. The van der Waals surface area contributed by atoms with Crippen LogP contribution in [0.25, 0.3) is 0 Å². The summed E-state index contributed by atoms with van der Waals surface area (Å²) >= 11 is 0. The molecular formula is C10H22N2. The third-order valence-corrected chi connectivity index (χ3v) is 2.81. The lowest BCUT2D eigenvalue weighted by atomic mass is 10.1. The van der Waals surface area contributed by atoms with Crippen molar-refractivity contribution in [2.24, 2.45) is 5.92 Å². The Morgan fingerprint density at radius 1 is 1.42 bits per heavy atom. The molecule has 0 N–H and O–H groups in total. The van der Waals surface area contributed by atoms with Crippen molar-refractivity contribution >= 4 is 0 Å². The van der Waals surface area contributed by atoms with Crippen LogP contribution < -0.4 is 0 Å². The van der Waals surface area contributed by atoms with Gasteiger partial charge in [0.25, 0.3) is 0 Å². The Labute approximate surface area is 76.5 Å². The minimum atomic E-state index is 0.979. The molecule has 0 saturated carbocycles. The van der Waals surface area contributed by atoms with Gasteiger partial charge in [-0.05, 0) is 33.0 Å². The average molecular weight is 170 g/mol. The third-order valence-electron chi connectivity index (χ3n) is 2.81. The summed E-state index contributed by atoms with van der Waals surface area (Å²) < 4.78 is 0. The van der Waals surface area contributed by atoms with Crippen LogP contribution in [0.1, 0.15) is 19.8 Å². The van der Waals surface area contributed by atoms with E-state index in [0.717, 1.165) is 5.92 Å². The topological polar surface area (TPSA) is 6.48 Å². The van der Waals surface area contributed by atoms with Gasteiger partial charge < -0.3 is 9.80 Å². The minimum absolute atomic E-state index is 0.979. The summed E-state index contributed by atoms with van der Waals surface area (Å²) in [5.41, 5.74) is 0. The van der Waals surface area contributed by atoms with Crippen LogP contribution >= 0.6 is 0 Å². The third kappa shape index (κ3) is 3.11. The van der Waals surface area contributed by atoms with E-state index >= 15 is 0 Å². The van der Waals surface area contributed by atoms with E-state index in [0.29, 0.717) is 0 Å². The van der Waals surface area contributed by atoms with Crippen molar-refractivity contribution in [1.29, 1.82) is 0 Å². The van der Waals surface area contributed by atoms with E-state index in [2.05, 4.69) is 30.8 Å². The maximum Gasteiger partial charge on any atom is 0.0109 e. The smallest absolute Gasteiger partial charge is 0.0109 e. The highest BCUT2D eigenvalue weighted by atomic mass is 15.2. The molecule has 72 valence electrons. The second-order valence-corrected chi connectivity index (χ2v) is 4.17. The van der Waals surface area contributed by atoms with E-state index in [1.165, 1.54) is 39.0 Å². The molecule has 1 aliphatic heterocycles. The molecule has 1 fully saturated rings. The Hall–Kier alpha value is -0.0800. The molecule has 1 saturated heterocycles. The van der Waals surface area contributed by atoms with Crippen LogP contribution in [-0.4, -0.2) is 50.1 Å². The van der Waals surface area contributed by atoms with Crippen molar-refractivity contribution in [2.75, 3.05) is 40.3 Å². The molecule has 0 aromatic rings. The first-order valence-corrected chi connectivity index (χ1v) is 5.09. The predicted octanol–water partition coefficient (Wildman–Crippen LogP) is 1.28. The van der Waals surface area contributed by atoms with Crippen molar-refractivity contribution in [3.8, 4) is 0 Å². The SMILES string of the molecule is CCC1CCN(CCN(C)C)C1. The molecule has 0 aliphatic carbocycles. The molecule has 0 aromatic carbocycles. The van der Waals surface area contributed by atoms with Crippen molar-refractivity contribution in [1.82, 2.24) is 9.80 Å². The second kappa shape index (κ2) is 4.83. The maximum absolute atomic E-state index is 2.59. The van der Waals surface area contributed by atoms with Crippen LogP contribution in [0.3, 0.4) is 0 Å². The molecule has 0 bridgehead atoms. The fourth-order valence-corrected chi connectivity index (χ4v) is 1.79. The highest BCUT2D eigenvalue weighted by Crippen LogP contribution is 2.18. The summed E-state index contributed by atoms with van der Waals surface area (Å²) in [4.78, 5) is 4.85. The highest BCUT2D eigenvalue weighted by molar-refractivity contribution is 4.74. The zero-order chi connectivity index (χ0) is 8.97. The van der Waals surface area contributed by atoms with Crippen LogP contribution in [0.2, 0.25) is 0 Å². The van der Waals surface area contributed by atoms with Gasteiger partial charge in [-0.1, -0.05) is 13.3 Å². The molecule has 1 atom stereocenters. The van der Waals surface area contributed by atoms with E-state index in [9.17, 15) is 0 Å². The van der Waals surface area contributed by atoms with E-state index in [4.69, 9.17) is 0 Å². The number of hydrogen-bond donors (Lipinski definition) is 0. The quantitative estimate of drug-likeness (QED) is 0.627. The minimum Gasteiger partial charge on any atom is -0.308 e. The van der Waals surface area contributed by atoms with Crippen molar-refractivity contribution in [3.63, 3.8) is 0 Å². The first-order chi connectivity index (χ1) is 5.72. The molecule has 12 heavy (non-hydrogen) atoms. The molecule has 0 spiro atoms. The Bertz CT molecular complexity index is 123. The lowest BCUT2D eigenvalue weighted by Crippen LogP contribution is -2.29. The molecule has 1 aliphatic rings. The van der Waals surface area contributed by atoms with Gasteiger partial charge in [0.1, 0.15) is 0 Å². The van der Waals surface area contributed by atoms with Crippen LogP contribution in [0, 0.1) is 5.92 Å². The van der Waals surface area contributed by atoms with E-state index in [1.54, 1.807) is 0 Å². The van der Waals surface area contributed by atoms with Crippen molar-refractivity contribution in [2.45, 2.75) is 19.8 Å². The van der Waals surface area contributed by atoms with Crippen LogP contribution in [0.5, 0.6) is 0 Å². The zero-order valence-electron chi connectivity index (χ0n) is 8.71. The lowest BCUT2D eigenvalue weighted by Gasteiger charge is -2.18.